The monoisotopic (exact) mass is 236 g/mol. The highest BCUT2D eigenvalue weighted by atomic mass is 15.3. The van der Waals surface area contributed by atoms with E-state index in [-0.39, 0.29) is 6.04 Å². The SMILES string of the molecule is C=CCCCC(NN)c1cc(CC)nn1CC. The van der Waals surface area contributed by atoms with Gasteiger partial charge in [0.05, 0.1) is 17.4 Å². The Hall–Kier alpha value is -1.13. The van der Waals surface area contributed by atoms with Crippen molar-refractivity contribution in [3.8, 4) is 0 Å². The lowest BCUT2D eigenvalue weighted by Crippen LogP contribution is -2.29. The maximum Gasteiger partial charge on any atom is 0.0629 e. The molecule has 1 unspecified atom stereocenters. The van der Waals surface area contributed by atoms with Crippen molar-refractivity contribution < 1.29 is 0 Å². The predicted molar refractivity (Wildman–Crippen MR) is 71.4 cm³/mol. The first kappa shape index (κ1) is 13.9. The van der Waals surface area contributed by atoms with Crippen molar-refractivity contribution in [3.05, 3.63) is 30.1 Å². The molecular weight excluding hydrogens is 212 g/mol. The molecule has 0 saturated heterocycles. The van der Waals surface area contributed by atoms with Gasteiger partial charge in [-0.3, -0.25) is 16.0 Å². The van der Waals surface area contributed by atoms with Crippen LogP contribution in [0.4, 0.5) is 0 Å². The molecule has 96 valence electrons. The van der Waals surface area contributed by atoms with Crippen LogP contribution in [0, 0.1) is 0 Å². The van der Waals surface area contributed by atoms with Crippen LogP contribution < -0.4 is 11.3 Å². The number of hydrazine groups is 1. The third kappa shape index (κ3) is 3.68. The number of hydrogen-bond donors (Lipinski definition) is 2. The Kier molecular flexibility index (Phi) is 5.94. The number of unbranched alkanes of at least 4 members (excludes halogenated alkanes) is 1. The second-order valence-electron chi connectivity index (χ2n) is 4.17. The van der Waals surface area contributed by atoms with E-state index >= 15 is 0 Å². The van der Waals surface area contributed by atoms with E-state index in [1.807, 2.05) is 10.8 Å². The molecule has 1 rings (SSSR count). The molecule has 17 heavy (non-hydrogen) atoms. The zero-order chi connectivity index (χ0) is 12.7. The molecule has 0 bridgehead atoms. The van der Waals surface area contributed by atoms with E-state index in [1.54, 1.807) is 0 Å². The van der Waals surface area contributed by atoms with Crippen LogP contribution in [-0.2, 0) is 13.0 Å². The summed E-state index contributed by atoms with van der Waals surface area (Å²) >= 11 is 0. The van der Waals surface area contributed by atoms with Crippen molar-refractivity contribution in [2.75, 3.05) is 0 Å². The number of nitrogens with zero attached hydrogens (tertiary/aromatic N) is 2. The molecular formula is C13H24N4. The molecule has 0 aliphatic carbocycles. The summed E-state index contributed by atoms with van der Waals surface area (Å²) in [6, 6.07) is 2.34. The van der Waals surface area contributed by atoms with Gasteiger partial charge in [0.15, 0.2) is 0 Å². The molecule has 1 aromatic rings. The zero-order valence-electron chi connectivity index (χ0n) is 10.9. The Morgan fingerprint density at radius 2 is 2.35 bits per heavy atom. The number of allylic oxidation sites excluding steroid dienone is 1. The molecule has 0 radical (unpaired) electrons. The molecule has 4 heteroatoms. The van der Waals surface area contributed by atoms with Crippen LogP contribution in [0.3, 0.4) is 0 Å². The average Bonchev–Trinajstić information content (AvgIpc) is 2.78. The van der Waals surface area contributed by atoms with Crippen molar-refractivity contribution in [3.63, 3.8) is 0 Å². The van der Waals surface area contributed by atoms with Crippen LogP contribution >= 0.6 is 0 Å². The molecule has 3 N–H and O–H groups in total. The molecule has 1 atom stereocenters. The molecule has 0 saturated carbocycles. The van der Waals surface area contributed by atoms with Crippen molar-refractivity contribution in [1.29, 1.82) is 0 Å². The Morgan fingerprint density at radius 3 is 2.88 bits per heavy atom. The van der Waals surface area contributed by atoms with E-state index in [9.17, 15) is 0 Å². The minimum atomic E-state index is 0.183. The zero-order valence-corrected chi connectivity index (χ0v) is 10.9. The minimum Gasteiger partial charge on any atom is -0.271 e. The summed E-state index contributed by atoms with van der Waals surface area (Å²) in [5, 5.41) is 4.55. The van der Waals surface area contributed by atoms with Crippen LogP contribution in [0.2, 0.25) is 0 Å². The fourth-order valence-electron chi connectivity index (χ4n) is 1.98. The topological polar surface area (TPSA) is 55.9 Å². The first-order valence-corrected chi connectivity index (χ1v) is 6.40. The first-order valence-electron chi connectivity index (χ1n) is 6.40. The van der Waals surface area contributed by atoms with Crippen LogP contribution in [0.5, 0.6) is 0 Å². The summed E-state index contributed by atoms with van der Waals surface area (Å²) in [5.74, 6) is 5.64. The second-order valence-corrected chi connectivity index (χ2v) is 4.17. The van der Waals surface area contributed by atoms with Gasteiger partial charge in [0.1, 0.15) is 0 Å². The summed E-state index contributed by atoms with van der Waals surface area (Å²) in [4.78, 5) is 0. The lowest BCUT2D eigenvalue weighted by atomic mass is 10.1. The third-order valence-corrected chi connectivity index (χ3v) is 2.98. The van der Waals surface area contributed by atoms with Gasteiger partial charge in [-0.1, -0.05) is 13.0 Å². The molecule has 4 nitrogen and oxygen atoms in total. The fraction of sp³-hybridized carbons (Fsp3) is 0.615. The van der Waals surface area contributed by atoms with Crippen molar-refractivity contribution in [2.45, 2.75) is 52.1 Å². The van der Waals surface area contributed by atoms with E-state index in [1.165, 1.54) is 5.69 Å². The van der Waals surface area contributed by atoms with Gasteiger partial charge in [0.2, 0.25) is 0 Å². The summed E-state index contributed by atoms with van der Waals surface area (Å²) in [6.07, 6.45) is 6.04. The second kappa shape index (κ2) is 7.25. The van der Waals surface area contributed by atoms with Crippen LogP contribution in [0.15, 0.2) is 18.7 Å². The molecule has 0 amide bonds. The molecule has 0 fully saturated rings. The van der Waals surface area contributed by atoms with Crippen LogP contribution in [-0.4, -0.2) is 9.78 Å². The van der Waals surface area contributed by atoms with Crippen molar-refractivity contribution in [2.24, 2.45) is 5.84 Å². The standard InChI is InChI=1S/C13H24N4/c1-4-7-8-9-12(15-14)13-10-11(5-2)16-17(13)6-3/h4,10,12,15H,1,5-9,14H2,2-3H3. The fourth-order valence-corrected chi connectivity index (χ4v) is 1.98. The molecule has 1 aromatic heterocycles. The average molecular weight is 236 g/mol. The van der Waals surface area contributed by atoms with Gasteiger partial charge in [-0.05, 0) is 38.7 Å². The third-order valence-electron chi connectivity index (χ3n) is 2.98. The van der Waals surface area contributed by atoms with Crippen LogP contribution in [0.25, 0.3) is 0 Å². The Labute approximate surface area is 104 Å². The van der Waals surface area contributed by atoms with Gasteiger partial charge >= 0.3 is 0 Å². The van der Waals surface area contributed by atoms with E-state index in [0.717, 1.165) is 37.9 Å². The van der Waals surface area contributed by atoms with Crippen molar-refractivity contribution >= 4 is 0 Å². The molecule has 0 aromatic carbocycles. The largest absolute Gasteiger partial charge is 0.271 e. The van der Waals surface area contributed by atoms with Gasteiger partial charge < -0.3 is 0 Å². The van der Waals surface area contributed by atoms with Crippen molar-refractivity contribution in [1.82, 2.24) is 15.2 Å². The number of hydrogen-bond acceptors (Lipinski definition) is 3. The number of nitrogens with two attached hydrogens (primary N) is 1. The van der Waals surface area contributed by atoms with E-state index in [2.05, 4.69) is 37.0 Å². The number of nitrogens with one attached hydrogen (secondary N) is 1. The number of aromatic nitrogens is 2. The molecule has 1 heterocycles. The maximum absolute atomic E-state index is 5.64. The van der Waals surface area contributed by atoms with Crippen LogP contribution in [0.1, 0.15) is 50.5 Å². The summed E-state index contributed by atoms with van der Waals surface area (Å²) < 4.78 is 2.04. The van der Waals surface area contributed by atoms with E-state index < -0.39 is 0 Å². The predicted octanol–water partition coefficient (Wildman–Crippen LogP) is 2.33. The van der Waals surface area contributed by atoms with Gasteiger partial charge in [-0.15, -0.1) is 6.58 Å². The summed E-state index contributed by atoms with van der Waals surface area (Å²) in [7, 11) is 0. The quantitative estimate of drug-likeness (QED) is 0.315. The smallest absolute Gasteiger partial charge is 0.0629 e. The van der Waals surface area contributed by atoms with Gasteiger partial charge in [-0.2, -0.15) is 5.10 Å². The Morgan fingerprint density at radius 1 is 1.59 bits per heavy atom. The highest BCUT2D eigenvalue weighted by molar-refractivity contribution is 5.14. The minimum absolute atomic E-state index is 0.183. The maximum atomic E-state index is 5.64. The number of rotatable bonds is 8. The Balaban J connectivity index is 2.78. The summed E-state index contributed by atoms with van der Waals surface area (Å²) in [6.45, 7) is 8.85. The first-order chi connectivity index (χ1) is 8.26. The summed E-state index contributed by atoms with van der Waals surface area (Å²) in [5.41, 5.74) is 5.22. The van der Waals surface area contributed by atoms with Gasteiger partial charge in [0, 0.05) is 6.54 Å². The lowest BCUT2D eigenvalue weighted by Gasteiger charge is -2.16. The van der Waals surface area contributed by atoms with E-state index in [4.69, 9.17) is 5.84 Å². The Bertz CT molecular complexity index is 343. The highest BCUT2D eigenvalue weighted by Crippen LogP contribution is 2.20. The highest BCUT2D eigenvalue weighted by Gasteiger charge is 2.15. The molecule has 0 aliphatic rings. The van der Waals surface area contributed by atoms with E-state index in [0.29, 0.717) is 0 Å². The molecule has 0 aliphatic heterocycles. The number of aryl methyl sites for hydroxylation is 2. The molecule has 0 spiro atoms. The van der Waals surface area contributed by atoms with Gasteiger partial charge in [-0.25, -0.2) is 0 Å². The van der Waals surface area contributed by atoms with Gasteiger partial charge in [0.25, 0.3) is 0 Å². The lowest BCUT2D eigenvalue weighted by molar-refractivity contribution is 0.456. The normalized spacial score (nSPS) is 12.6.